The molecule has 0 aliphatic heterocycles. The molecule has 0 aromatic carbocycles. The van der Waals surface area contributed by atoms with E-state index in [1.807, 2.05) is 11.3 Å². The number of fused-ring (bicyclic) bond motifs is 3. The van der Waals surface area contributed by atoms with Gasteiger partial charge < -0.3 is 0 Å². The number of rotatable bonds is 1. The Labute approximate surface area is 99.3 Å². The van der Waals surface area contributed by atoms with Gasteiger partial charge in [-0.25, -0.2) is 4.98 Å². The molecule has 0 saturated heterocycles. The average Bonchev–Trinajstić information content (AvgIpc) is 2.76. The Morgan fingerprint density at radius 1 is 1.31 bits per heavy atom. The maximum Gasteiger partial charge on any atom is 0.194 e. The molecule has 16 heavy (non-hydrogen) atoms. The van der Waals surface area contributed by atoms with Gasteiger partial charge in [-0.15, -0.1) is 11.3 Å². The lowest BCUT2D eigenvalue weighted by molar-refractivity contribution is 0.673. The fraction of sp³-hybridized carbons (Fsp3) is 0.615. The van der Waals surface area contributed by atoms with Crippen molar-refractivity contribution in [2.45, 2.75) is 50.9 Å². The number of hydrogen-bond donors (Lipinski definition) is 0. The number of imidazole rings is 1. The van der Waals surface area contributed by atoms with Gasteiger partial charge in [-0.3, -0.25) is 4.40 Å². The van der Waals surface area contributed by atoms with E-state index in [4.69, 9.17) is 4.98 Å². The van der Waals surface area contributed by atoms with Crippen molar-refractivity contribution in [1.82, 2.24) is 9.38 Å². The lowest BCUT2D eigenvalue weighted by Gasteiger charge is -2.10. The van der Waals surface area contributed by atoms with Crippen LogP contribution < -0.4 is 0 Å². The first-order valence-corrected chi connectivity index (χ1v) is 7.08. The number of nitrogens with zero attached hydrogens (tertiary/aromatic N) is 2. The molecule has 0 N–H and O–H groups in total. The lowest BCUT2D eigenvalue weighted by atomic mass is 10.0. The van der Waals surface area contributed by atoms with E-state index in [0.29, 0.717) is 5.41 Å². The quantitative estimate of drug-likeness (QED) is 0.737. The molecular formula is C13H16N2S. The highest BCUT2D eigenvalue weighted by atomic mass is 32.1. The number of thiazole rings is 1. The molecule has 2 aromatic heterocycles. The number of aryl methyl sites for hydroxylation is 2. The molecular weight excluding hydrogens is 216 g/mol. The van der Waals surface area contributed by atoms with Gasteiger partial charge in [-0.1, -0.05) is 6.92 Å². The highest BCUT2D eigenvalue weighted by Crippen LogP contribution is 2.47. The van der Waals surface area contributed by atoms with E-state index in [1.54, 1.807) is 10.6 Å². The van der Waals surface area contributed by atoms with E-state index in [1.165, 1.54) is 49.2 Å². The Bertz CT molecular complexity index is 560. The lowest BCUT2D eigenvalue weighted by Crippen LogP contribution is -2.03. The van der Waals surface area contributed by atoms with Crippen LogP contribution in [0.1, 0.15) is 48.9 Å². The molecule has 2 heterocycles. The van der Waals surface area contributed by atoms with Crippen molar-refractivity contribution in [2.24, 2.45) is 0 Å². The summed E-state index contributed by atoms with van der Waals surface area (Å²) >= 11 is 1.92. The molecule has 4 rings (SSSR count). The van der Waals surface area contributed by atoms with Crippen molar-refractivity contribution in [3.8, 4) is 0 Å². The second kappa shape index (κ2) is 2.89. The van der Waals surface area contributed by atoms with Crippen LogP contribution in [0.4, 0.5) is 0 Å². The van der Waals surface area contributed by atoms with Crippen LogP contribution in [0.25, 0.3) is 4.96 Å². The molecule has 1 fully saturated rings. The topological polar surface area (TPSA) is 17.3 Å². The van der Waals surface area contributed by atoms with Crippen molar-refractivity contribution in [1.29, 1.82) is 0 Å². The predicted molar refractivity (Wildman–Crippen MR) is 66.3 cm³/mol. The number of aromatic nitrogens is 2. The Kier molecular flexibility index (Phi) is 1.67. The standard InChI is InChI=1S/C13H16N2S/c1-13(6-7-13)11-8-15-9-4-2-3-5-10(9)16-12(15)14-11/h8H,2-7H2,1H3. The largest absolute Gasteiger partial charge is 0.294 e. The minimum absolute atomic E-state index is 0.410. The van der Waals surface area contributed by atoms with Gasteiger partial charge in [0.1, 0.15) is 0 Å². The van der Waals surface area contributed by atoms with Gasteiger partial charge in [0.05, 0.1) is 5.69 Å². The van der Waals surface area contributed by atoms with Gasteiger partial charge in [0.25, 0.3) is 0 Å². The van der Waals surface area contributed by atoms with E-state index in [0.717, 1.165) is 0 Å². The second-order valence-electron chi connectivity index (χ2n) is 5.52. The van der Waals surface area contributed by atoms with Gasteiger partial charge in [0.15, 0.2) is 4.96 Å². The smallest absolute Gasteiger partial charge is 0.194 e. The molecule has 2 aliphatic carbocycles. The molecule has 2 nitrogen and oxygen atoms in total. The Balaban J connectivity index is 1.90. The summed E-state index contributed by atoms with van der Waals surface area (Å²) in [4.78, 5) is 7.65. The summed E-state index contributed by atoms with van der Waals surface area (Å²) in [6.07, 6.45) is 10.2. The molecule has 2 aliphatic rings. The first-order valence-electron chi connectivity index (χ1n) is 6.26. The monoisotopic (exact) mass is 232 g/mol. The van der Waals surface area contributed by atoms with Gasteiger partial charge in [-0.05, 0) is 38.5 Å². The normalized spacial score (nSPS) is 22.3. The van der Waals surface area contributed by atoms with Gasteiger partial charge >= 0.3 is 0 Å². The van der Waals surface area contributed by atoms with E-state index >= 15 is 0 Å². The molecule has 1 saturated carbocycles. The molecule has 0 amide bonds. The zero-order valence-electron chi connectivity index (χ0n) is 9.62. The Hall–Kier alpha value is -0.830. The summed E-state index contributed by atoms with van der Waals surface area (Å²) in [6.45, 7) is 2.34. The van der Waals surface area contributed by atoms with E-state index < -0.39 is 0 Å². The number of hydrogen-bond acceptors (Lipinski definition) is 2. The maximum absolute atomic E-state index is 4.83. The van der Waals surface area contributed by atoms with Crippen LogP contribution in [0, 0.1) is 0 Å². The summed E-state index contributed by atoms with van der Waals surface area (Å²) in [6, 6.07) is 0. The zero-order chi connectivity index (χ0) is 10.8. The summed E-state index contributed by atoms with van der Waals surface area (Å²) in [7, 11) is 0. The molecule has 84 valence electrons. The van der Waals surface area contributed by atoms with Gasteiger partial charge in [-0.2, -0.15) is 0 Å². The molecule has 2 aromatic rings. The third-order valence-electron chi connectivity index (χ3n) is 4.19. The predicted octanol–water partition coefficient (Wildman–Crippen LogP) is 3.33. The summed E-state index contributed by atoms with van der Waals surface area (Å²) < 4.78 is 2.37. The van der Waals surface area contributed by atoms with Crippen LogP contribution in [0.5, 0.6) is 0 Å². The van der Waals surface area contributed by atoms with Crippen LogP contribution >= 0.6 is 11.3 Å². The molecule has 0 spiro atoms. The summed E-state index contributed by atoms with van der Waals surface area (Å²) in [5, 5.41) is 0. The highest BCUT2D eigenvalue weighted by molar-refractivity contribution is 7.17. The van der Waals surface area contributed by atoms with E-state index in [2.05, 4.69) is 17.5 Å². The van der Waals surface area contributed by atoms with Crippen molar-refractivity contribution in [3.05, 3.63) is 22.5 Å². The molecule has 3 heteroatoms. The summed E-state index contributed by atoms with van der Waals surface area (Å²) in [5.74, 6) is 0. The van der Waals surface area contributed by atoms with Gasteiger partial charge in [0.2, 0.25) is 0 Å². The average molecular weight is 232 g/mol. The van der Waals surface area contributed by atoms with E-state index in [9.17, 15) is 0 Å². The minimum atomic E-state index is 0.410. The SMILES string of the molecule is CC1(c2cn3c4c(sc3n2)CCCC4)CC1. The molecule has 0 bridgehead atoms. The van der Waals surface area contributed by atoms with Gasteiger partial charge in [0, 0.05) is 22.2 Å². The summed E-state index contributed by atoms with van der Waals surface area (Å²) in [5.41, 5.74) is 3.29. The van der Waals surface area contributed by atoms with Crippen molar-refractivity contribution >= 4 is 16.3 Å². The van der Waals surface area contributed by atoms with Crippen LogP contribution in [0.2, 0.25) is 0 Å². The Morgan fingerprint density at radius 3 is 2.94 bits per heavy atom. The van der Waals surface area contributed by atoms with E-state index in [-0.39, 0.29) is 0 Å². The third-order valence-corrected chi connectivity index (χ3v) is 5.34. The molecule has 0 radical (unpaired) electrons. The minimum Gasteiger partial charge on any atom is -0.294 e. The van der Waals surface area contributed by atoms with Crippen molar-refractivity contribution in [3.63, 3.8) is 0 Å². The van der Waals surface area contributed by atoms with Crippen LogP contribution in [-0.2, 0) is 18.3 Å². The molecule has 0 atom stereocenters. The highest BCUT2D eigenvalue weighted by Gasteiger charge is 2.41. The fourth-order valence-electron chi connectivity index (χ4n) is 2.70. The van der Waals surface area contributed by atoms with Crippen LogP contribution in [0.15, 0.2) is 6.20 Å². The maximum atomic E-state index is 4.83. The fourth-order valence-corrected chi connectivity index (χ4v) is 3.89. The van der Waals surface area contributed by atoms with Crippen molar-refractivity contribution < 1.29 is 0 Å². The third kappa shape index (κ3) is 1.15. The zero-order valence-corrected chi connectivity index (χ0v) is 10.4. The molecule has 0 unspecified atom stereocenters. The second-order valence-corrected chi connectivity index (χ2v) is 6.58. The first-order chi connectivity index (χ1) is 7.76. The Morgan fingerprint density at radius 2 is 2.12 bits per heavy atom. The van der Waals surface area contributed by atoms with Crippen LogP contribution in [-0.4, -0.2) is 9.38 Å². The van der Waals surface area contributed by atoms with Crippen LogP contribution in [0.3, 0.4) is 0 Å². The van der Waals surface area contributed by atoms with Crippen molar-refractivity contribution in [2.75, 3.05) is 0 Å². The first kappa shape index (κ1) is 9.23.